The van der Waals surface area contributed by atoms with Crippen LogP contribution in [0.5, 0.6) is 0 Å². The first-order chi connectivity index (χ1) is 9.26. The number of sulfone groups is 1. The van der Waals surface area contributed by atoms with E-state index in [4.69, 9.17) is 10.3 Å². The number of nitrogens with zero attached hydrogens (tertiary/aromatic N) is 3. The molecular formula is C10H10N4O5S. The zero-order valence-corrected chi connectivity index (χ0v) is 11.1. The number of benzene rings is 1. The molecule has 2 aromatic rings. The molecule has 0 aliphatic rings. The average Bonchev–Trinajstić information content (AvgIpc) is 2.74. The van der Waals surface area contributed by atoms with Crippen LogP contribution >= 0.6 is 0 Å². The van der Waals surface area contributed by atoms with E-state index in [9.17, 15) is 18.5 Å². The summed E-state index contributed by atoms with van der Waals surface area (Å²) in [7, 11) is -3.28. The van der Waals surface area contributed by atoms with Crippen molar-refractivity contribution in [2.24, 2.45) is 0 Å². The summed E-state index contributed by atoms with van der Waals surface area (Å²) in [6, 6.07) is 3.77. The molecule has 0 fully saturated rings. The second-order valence-corrected chi connectivity index (χ2v) is 6.25. The quantitative estimate of drug-likeness (QED) is 0.495. The number of anilines is 1. The molecule has 9 nitrogen and oxygen atoms in total. The van der Waals surface area contributed by atoms with E-state index >= 15 is 0 Å². The smallest absolute Gasteiger partial charge is 0.271 e. The van der Waals surface area contributed by atoms with Gasteiger partial charge in [0.1, 0.15) is 5.75 Å². The topological polar surface area (TPSA) is 142 Å². The first kappa shape index (κ1) is 13.9. The third kappa shape index (κ3) is 3.09. The Kier molecular flexibility index (Phi) is 3.40. The van der Waals surface area contributed by atoms with Gasteiger partial charge in [-0.3, -0.25) is 10.1 Å². The maximum absolute atomic E-state index is 11.1. The van der Waals surface area contributed by atoms with Crippen molar-refractivity contribution in [2.75, 3.05) is 12.0 Å². The van der Waals surface area contributed by atoms with Crippen molar-refractivity contribution in [1.29, 1.82) is 0 Å². The van der Waals surface area contributed by atoms with Gasteiger partial charge in [0.15, 0.2) is 15.7 Å². The fourth-order valence-corrected chi connectivity index (χ4v) is 2.10. The van der Waals surface area contributed by atoms with Crippen LogP contribution in [0.3, 0.4) is 0 Å². The maximum Gasteiger partial charge on any atom is 0.271 e. The molecule has 1 aromatic carbocycles. The normalized spacial score (nSPS) is 11.4. The van der Waals surface area contributed by atoms with Crippen LogP contribution in [0.2, 0.25) is 0 Å². The fraction of sp³-hybridized carbons (Fsp3) is 0.200. The minimum atomic E-state index is -3.28. The summed E-state index contributed by atoms with van der Waals surface area (Å²) in [5.74, 6) is -0.347. The van der Waals surface area contributed by atoms with Crippen LogP contribution in [0.4, 0.5) is 11.4 Å². The summed E-state index contributed by atoms with van der Waals surface area (Å²) in [5.41, 5.74) is 5.91. The van der Waals surface area contributed by atoms with Gasteiger partial charge in [-0.05, 0) is 6.07 Å². The molecule has 2 N–H and O–H groups in total. The molecule has 20 heavy (non-hydrogen) atoms. The van der Waals surface area contributed by atoms with E-state index in [1.165, 1.54) is 12.1 Å². The van der Waals surface area contributed by atoms with Crippen LogP contribution in [0.25, 0.3) is 11.5 Å². The van der Waals surface area contributed by atoms with Crippen LogP contribution in [0, 0.1) is 10.1 Å². The zero-order chi connectivity index (χ0) is 14.9. The van der Waals surface area contributed by atoms with E-state index < -0.39 is 14.8 Å². The van der Waals surface area contributed by atoms with Gasteiger partial charge >= 0.3 is 0 Å². The summed E-state index contributed by atoms with van der Waals surface area (Å²) in [6.45, 7) is 0. The molecule has 0 amide bonds. The number of nitrogens with two attached hydrogens (primary N) is 1. The van der Waals surface area contributed by atoms with Crippen molar-refractivity contribution in [1.82, 2.24) is 10.1 Å². The lowest BCUT2D eigenvalue weighted by molar-refractivity contribution is -0.384. The van der Waals surface area contributed by atoms with Gasteiger partial charge in [-0.1, -0.05) is 5.16 Å². The van der Waals surface area contributed by atoms with Crippen molar-refractivity contribution < 1.29 is 17.9 Å². The van der Waals surface area contributed by atoms with E-state index in [0.29, 0.717) is 5.56 Å². The molecule has 1 heterocycles. The Morgan fingerprint density at radius 2 is 2.15 bits per heavy atom. The van der Waals surface area contributed by atoms with E-state index in [-0.39, 0.29) is 28.8 Å². The van der Waals surface area contributed by atoms with Gasteiger partial charge in [-0.2, -0.15) is 4.98 Å². The number of nitro groups is 1. The molecule has 0 spiro atoms. The minimum absolute atomic E-state index is 0.000234. The van der Waals surface area contributed by atoms with Crippen LogP contribution in [0.15, 0.2) is 22.7 Å². The van der Waals surface area contributed by atoms with Gasteiger partial charge in [-0.15, -0.1) is 0 Å². The number of rotatable bonds is 4. The molecule has 0 radical (unpaired) electrons. The van der Waals surface area contributed by atoms with Crippen molar-refractivity contribution in [3.8, 4) is 11.5 Å². The molecule has 106 valence electrons. The number of aromatic nitrogens is 2. The monoisotopic (exact) mass is 298 g/mol. The first-order valence-corrected chi connectivity index (χ1v) is 7.37. The van der Waals surface area contributed by atoms with Gasteiger partial charge in [0.2, 0.25) is 0 Å². The predicted octanol–water partition coefficient (Wildman–Crippen LogP) is 0.772. The second kappa shape index (κ2) is 4.89. The highest BCUT2D eigenvalue weighted by molar-refractivity contribution is 7.89. The molecule has 0 saturated carbocycles. The highest BCUT2D eigenvalue weighted by atomic mass is 32.2. The SMILES string of the molecule is CS(=O)(=O)Cc1noc(-c2ccc([N+](=O)[O-])cc2N)n1. The summed E-state index contributed by atoms with van der Waals surface area (Å²) in [6.07, 6.45) is 1.04. The Labute approximate surface area is 113 Å². The predicted molar refractivity (Wildman–Crippen MR) is 69.3 cm³/mol. The number of hydrogen-bond donors (Lipinski definition) is 1. The maximum atomic E-state index is 11.1. The van der Waals surface area contributed by atoms with E-state index in [1.54, 1.807) is 0 Å². The number of nitrogen functional groups attached to an aromatic ring is 1. The van der Waals surface area contributed by atoms with Gasteiger partial charge in [-0.25, -0.2) is 8.42 Å². The Balaban J connectivity index is 2.35. The standard InChI is InChI=1S/C10H10N4O5S/c1-20(17,18)5-9-12-10(19-13-9)7-3-2-6(14(15)16)4-8(7)11/h2-4H,5,11H2,1H3. The molecule has 0 saturated heterocycles. The summed E-state index contributed by atoms with van der Waals surface area (Å²) < 4.78 is 27.1. The number of non-ortho nitro benzene ring substituents is 1. The lowest BCUT2D eigenvalue weighted by Gasteiger charge is -1.99. The van der Waals surface area contributed by atoms with E-state index in [0.717, 1.165) is 12.3 Å². The second-order valence-electron chi connectivity index (χ2n) is 4.11. The third-order valence-electron chi connectivity index (χ3n) is 2.34. The molecule has 0 atom stereocenters. The Bertz CT molecular complexity index is 768. The number of hydrogen-bond acceptors (Lipinski definition) is 8. The highest BCUT2D eigenvalue weighted by Gasteiger charge is 2.17. The molecule has 0 unspecified atom stereocenters. The highest BCUT2D eigenvalue weighted by Crippen LogP contribution is 2.28. The van der Waals surface area contributed by atoms with Gasteiger partial charge < -0.3 is 10.3 Å². The Morgan fingerprint density at radius 1 is 1.45 bits per heavy atom. The van der Waals surface area contributed by atoms with Gasteiger partial charge in [0, 0.05) is 18.4 Å². The van der Waals surface area contributed by atoms with Crippen molar-refractivity contribution >= 4 is 21.2 Å². The molecule has 2 rings (SSSR count). The minimum Gasteiger partial charge on any atom is -0.398 e. The van der Waals surface area contributed by atoms with Crippen molar-refractivity contribution in [3.63, 3.8) is 0 Å². The molecule has 0 aliphatic carbocycles. The summed E-state index contributed by atoms with van der Waals surface area (Å²) >= 11 is 0. The average molecular weight is 298 g/mol. The van der Waals surface area contributed by atoms with E-state index in [1.807, 2.05) is 0 Å². The van der Waals surface area contributed by atoms with E-state index in [2.05, 4.69) is 10.1 Å². The van der Waals surface area contributed by atoms with Crippen LogP contribution in [-0.2, 0) is 15.6 Å². The summed E-state index contributed by atoms with van der Waals surface area (Å²) in [4.78, 5) is 13.9. The van der Waals surface area contributed by atoms with Gasteiger partial charge in [0.05, 0.1) is 16.2 Å². The molecule has 0 aliphatic heterocycles. The molecule has 10 heteroatoms. The van der Waals surface area contributed by atoms with Crippen molar-refractivity contribution in [2.45, 2.75) is 5.75 Å². The lowest BCUT2D eigenvalue weighted by atomic mass is 10.1. The molecular weight excluding hydrogens is 288 g/mol. The van der Waals surface area contributed by atoms with Crippen molar-refractivity contribution in [3.05, 3.63) is 34.1 Å². The van der Waals surface area contributed by atoms with Crippen LogP contribution in [0.1, 0.15) is 5.82 Å². The summed E-state index contributed by atoms with van der Waals surface area (Å²) in [5, 5.41) is 14.1. The molecule has 1 aromatic heterocycles. The van der Waals surface area contributed by atoms with Crippen LogP contribution in [-0.4, -0.2) is 29.7 Å². The Hall–Kier alpha value is -2.49. The number of nitro benzene ring substituents is 1. The zero-order valence-electron chi connectivity index (χ0n) is 10.3. The third-order valence-corrected chi connectivity index (χ3v) is 3.12. The van der Waals surface area contributed by atoms with Crippen LogP contribution < -0.4 is 5.73 Å². The first-order valence-electron chi connectivity index (χ1n) is 5.31. The molecule has 0 bridgehead atoms. The fourth-order valence-electron chi connectivity index (χ4n) is 1.51. The van der Waals surface area contributed by atoms with Gasteiger partial charge in [0.25, 0.3) is 11.6 Å². The largest absolute Gasteiger partial charge is 0.398 e. The Morgan fingerprint density at radius 3 is 2.70 bits per heavy atom. The lowest BCUT2D eigenvalue weighted by Crippen LogP contribution is -2.02.